The molecular formula is C17H28IN3O. The van der Waals surface area contributed by atoms with Crippen molar-refractivity contribution in [3.05, 3.63) is 42.5 Å². The topological polar surface area (TPSA) is 45.6 Å². The lowest BCUT2D eigenvalue weighted by Crippen LogP contribution is -2.37. The summed E-state index contributed by atoms with van der Waals surface area (Å²) in [5.74, 6) is 2.38. The van der Waals surface area contributed by atoms with Gasteiger partial charge in [0.2, 0.25) is 0 Å². The molecule has 1 aromatic rings. The van der Waals surface area contributed by atoms with Crippen LogP contribution in [-0.4, -0.2) is 26.2 Å². The summed E-state index contributed by atoms with van der Waals surface area (Å²) in [5, 5.41) is 6.62. The van der Waals surface area contributed by atoms with E-state index in [1.165, 1.54) is 0 Å². The molecule has 1 rings (SSSR count). The van der Waals surface area contributed by atoms with Crippen molar-refractivity contribution in [2.45, 2.75) is 26.8 Å². The summed E-state index contributed by atoms with van der Waals surface area (Å²) < 4.78 is 5.65. The van der Waals surface area contributed by atoms with E-state index in [2.05, 4.69) is 36.1 Å². The number of halogens is 1. The molecule has 0 bridgehead atoms. The van der Waals surface area contributed by atoms with E-state index < -0.39 is 0 Å². The van der Waals surface area contributed by atoms with E-state index >= 15 is 0 Å². The minimum atomic E-state index is 0. The molecule has 0 radical (unpaired) electrons. The van der Waals surface area contributed by atoms with Crippen LogP contribution in [-0.2, 0) is 6.54 Å². The van der Waals surface area contributed by atoms with Crippen molar-refractivity contribution in [2.24, 2.45) is 10.9 Å². The van der Waals surface area contributed by atoms with Crippen molar-refractivity contribution in [3.63, 3.8) is 0 Å². The SMILES string of the molecule is C=CCOc1ccccc1CNC(=NC)NCCC(C)C.I. The Kier molecular flexibility index (Phi) is 11.6. The first kappa shape index (κ1) is 20.8. The summed E-state index contributed by atoms with van der Waals surface area (Å²) in [5.41, 5.74) is 1.10. The Hall–Kier alpha value is -1.24. The number of hydrogen-bond donors (Lipinski definition) is 2. The van der Waals surface area contributed by atoms with Gasteiger partial charge < -0.3 is 15.4 Å². The van der Waals surface area contributed by atoms with Crippen LogP contribution in [0.2, 0.25) is 0 Å². The average Bonchev–Trinajstić information content (AvgIpc) is 2.49. The van der Waals surface area contributed by atoms with Crippen molar-refractivity contribution in [1.82, 2.24) is 10.6 Å². The molecule has 0 heterocycles. The smallest absolute Gasteiger partial charge is 0.191 e. The van der Waals surface area contributed by atoms with Crippen LogP contribution in [0.5, 0.6) is 5.75 Å². The fourth-order valence-corrected chi connectivity index (χ4v) is 1.82. The molecule has 22 heavy (non-hydrogen) atoms. The lowest BCUT2D eigenvalue weighted by molar-refractivity contribution is 0.358. The van der Waals surface area contributed by atoms with E-state index in [1.807, 2.05) is 24.3 Å². The van der Waals surface area contributed by atoms with Crippen LogP contribution in [0.15, 0.2) is 41.9 Å². The van der Waals surface area contributed by atoms with Crippen LogP contribution >= 0.6 is 24.0 Å². The molecule has 2 N–H and O–H groups in total. The lowest BCUT2D eigenvalue weighted by Gasteiger charge is -2.15. The number of ether oxygens (including phenoxy) is 1. The third-order valence-electron chi connectivity index (χ3n) is 3.01. The Balaban J connectivity index is 0.00000441. The highest BCUT2D eigenvalue weighted by atomic mass is 127. The van der Waals surface area contributed by atoms with Crippen molar-refractivity contribution in [1.29, 1.82) is 0 Å². The Bertz CT molecular complexity index is 461. The van der Waals surface area contributed by atoms with Crippen LogP contribution in [0, 0.1) is 5.92 Å². The largest absolute Gasteiger partial charge is 0.489 e. The van der Waals surface area contributed by atoms with Crippen molar-refractivity contribution < 1.29 is 4.74 Å². The molecule has 0 aliphatic rings. The molecule has 0 aliphatic heterocycles. The predicted octanol–water partition coefficient (Wildman–Crippen LogP) is 3.58. The molecule has 0 atom stereocenters. The Labute approximate surface area is 151 Å². The molecule has 0 amide bonds. The van der Waals surface area contributed by atoms with Crippen LogP contribution in [0.3, 0.4) is 0 Å². The van der Waals surface area contributed by atoms with Gasteiger partial charge in [-0.15, -0.1) is 24.0 Å². The standard InChI is InChI=1S/C17H27N3O.HI/c1-5-12-21-16-9-7-6-8-15(16)13-20-17(18-4)19-11-10-14(2)3;/h5-9,14H,1,10-13H2,2-4H3,(H2,18,19,20);1H. The fraction of sp³-hybridized carbons (Fsp3) is 0.471. The van der Waals surface area contributed by atoms with Crippen LogP contribution in [0.1, 0.15) is 25.8 Å². The molecule has 0 aliphatic carbocycles. The van der Waals surface area contributed by atoms with E-state index in [4.69, 9.17) is 4.74 Å². The summed E-state index contributed by atoms with van der Waals surface area (Å²) in [4.78, 5) is 4.23. The molecule has 0 spiro atoms. The molecule has 4 nitrogen and oxygen atoms in total. The third kappa shape index (κ3) is 8.26. The first-order chi connectivity index (χ1) is 10.2. The summed E-state index contributed by atoms with van der Waals surface area (Å²) in [6, 6.07) is 7.99. The molecular weight excluding hydrogens is 389 g/mol. The van der Waals surface area contributed by atoms with Gasteiger partial charge in [0, 0.05) is 25.7 Å². The third-order valence-corrected chi connectivity index (χ3v) is 3.01. The molecule has 1 aromatic carbocycles. The Morgan fingerprint density at radius 3 is 2.68 bits per heavy atom. The number of benzene rings is 1. The van der Waals surface area contributed by atoms with Crippen LogP contribution < -0.4 is 15.4 Å². The van der Waals surface area contributed by atoms with Crippen molar-refractivity contribution in [3.8, 4) is 5.75 Å². The number of para-hydroxylation sites is 1. The molecule has 0 saturated heterocycles. The average molecular weight is 417 g/mol. The Morgan fingerprint density at radius 2 is 2.05 bits per heavy atom. The highest BCUT2D eigenvalue weighted by Crippen LogP contribution is 2.17. The minimum Gasteiger partial charge on any atom is -0.489 e. The Morgan fingerprint density at radius 1 is 1.32 bits per heavy atom. The summed E-state index contributed by atoms with van der Waals surface area (Å²) in [6.45, 7) is 10.2. The number of nitrogens with one attached hydrogen (secondary N) is 2. The first-order valence-electron chi connectivity index (χ1n) is 7.43. The summed E-state index contributed by atoms with van der Waals surface area (Å²) >= 11 is 0. The van der Waals surface area contributed by atoms with Crippen molar-refractivity contribution >= 4 is 29.9 Å². The van der Waals surface area contributed by atoms with Gasteiger partial charge in [0.15, 0.2) is 5.96 Å². The maximum absolute atomic E-state index is 5.65. The highest BCUT2D eigenvalue weighted by Gasteiger charge is 2.04. The van der Waals surface area contributed by atoms with Gasteiger partial charge in [-0.25, -0.2) is 0 Å². The highest BCUT2D eigenvalue weighted by molar-refractivity contribution is 14.0. The maximum atomic E-state index is 5.65. The zero-order valence-electron chi connectivity index (χ0n) is 13.8. The van der Waals surface area contributed by atoms with Gasteiger partial charge >= 0.3 is 0 Å². The number of guanidine groups is 1. The molecule has 0 fully saturated rings. The van der Waals surface area contributed by atoms with E-state index in [-0.39, 0.29) is 24.0 Å². The lowest BCUT2D eigenvalue weighted by atomic mass is 10.1. The number of hydrogen-bond acceptors (Lipinski definition) is 2. The predicted molar refractivity (Wildman–Crippen MR) is 105 cm³/mol. The van der Waals surface area contributed by atoms with Gasteiger partial charge in [-0.05, 0) is 18.4 Å². The van der Waals surface area contributed by atoms with Gasteiger partial charge in [0.05, 0.1) is 0 Å². The minimum absolute atomic E-state index is 0. The number of aliphatic imine (C=N–C) groups is 1. The van der Waals surface area contributed by atoms with E-state index in [9.17, 15) is 0 Å². The van der Waals surface area contributed by atoms with Gasteiger partial charge in [-0.2, -0.15) is 0 Å². The van der Waals surface area contributed by atoms with E-state index in [0.29, 0.717) is 19.1 Å². The van der Waals surface area contributed by atoms with Gasteiger partial charge in [0.1, 0.15) is 12.4 Å². The zero-order valence-corrected chi connectivity index (χ0v) is 16.1. The van der Waals surface area contributed by atoms with E-state index in [0.717, 1.165) is 30.2 Å². The second-order valence-corrected chi connectivity index (χ2v) is 5.24. The number of nitrogens with zero attached hydrogens (tertiary/aromatic N) is 1. The molecule has 0 aromatic heterocycles. The molecule has 5 heteroatoms. The molecule has 124 valence electrons. The monoisotopic (exact) mass is 417 g/mol. The zero-order chi connectivity index (χ0) is 15.5. The molecule has 0 saturated carbocycles. The van der Waals surface area contributed by atoms with Crippen LogP contribution in [0.25, 0.3) is 0 Å². The van der Waals surface area contributed by atoms with Gasteiger partial charge in [-0.1, -0.05) is 44.7 Å². The summed E-state index contributed by atoms with van der Waals surface area (Å²) in [6.07, 6.45) is 2.87. The van der Waals surface area contributed by atoms with Crippen molar-refractivity contribution in [2.75, 3.05) is 20.2 Å². The second kappa shape index (κ2) is 12.3. The number of rotatable bonds is 8. The van der Waals surface area contributed by atoms with E-state index in [1.54, 1.807) is 13.1 Å². The maximum Gasteiger partial charge on any atom is 0.191 e. The quantitative estimate of drug-likeness (QED) is 0.294. The molecule has 0 unspecified atom stereocenters. The second-order valence-electron chi connectivity index (χ2n) is 5.24. The fourth-order valence-electron chi connectivity index (χ4n) is 1.82. The van der Waals surface area contributed by atoms with Crippen LogP contribution in [0.4, 0.5) is 0 Å². The normalized spacial score (nSPS) is 10.8. The first-order valence-corrected chi connectivity index (χ1v) is 7.43. The van der Waals surface area contributed by atoms with Gasteiger partial charge in [-0.3, -0.25) is 4.99 Å². The summed E-state index contributed by atoms with van der Waals surface area (Å²) in [7, 11) is 1.78. The van der Waals surface area contributed by atoms with Gasteiger partial charge in [0.25, 0.3) is 0 Å².